The predicted octanol–water partition coefficient (Wildman–Crippen LogP) is 1.89. The molecule has 0 amide bonds. The first-order valence-corrected chi connectivity index (χ1v) is 6.48. The summed E-state index contributed by atoms with van der Waals surface area (Å²) >= 11 is 0. The molecule has 1 aliphatic heterocycles. The Morgan fingerprint density at radius 1 is 1.44 bits per heavy atom. The molecule has 0 aromatic heterocycles. The Hall–Kier alpha value is -0.330. The Morgan fingerprint density at radius 2 is 2.17 bits per heavy atom. The molecule has 0 aliphatic carbocycles. The van der Waals surface area contributed by atoms with Crippen LogP contribution in [0, 0.1) is 5.92 Å². The van der Waals surface area contributed by atoms with Gasteiger partial charge in [-0.15, -0.1) is 0 Å². The number of alkyl halides is 3. The Bertz CT molecular complexity index is 230. The molecule has 0 aromatic rings. The highest BCUT2D eigenvalue weighted by molar-refractivity contribution is 4.81. The van der Waals surface area contributed by atoms with Crippen LogP contribution in [0.5, 0.6) is 0 Å². The molecule has 2 unspecified atom stereocenters. The van der Waals surface area contributed by atoms with E-state index in [1.807, 2.05) is 11.8 Å². The maximum absolute atomic E-state index is 12.7. The van der Waals surface area contributed by atoms with Crippen LogP contribution in [0.15, 0.2) is 0 Å². The monoisotopic (exact) mass is 268 g/mol. The molecule has 18 heavy (non-hydrogen) atoms. The van der Waals surface area contributed by atoms with Crippen LogP contribution < -0.4 is 5.32 Å². The van der Waals surface area contributed by atoms with Gasteiger partial charge in [-0.3, -0.25) is 0 Å². The zero-order valence-electron chi connectivity index (χ0n) is 11.1. The third-order valence-corrected chi connectivity index (χ3v) is 3.31. The van der Waals surface area contributed by atoms with Gasteiger partial charge in [0.15, 0.2) is 0 Å². The maximum Gasteiger partial charge on any atom is 0.393 e. The van der Waals surface area contributed by atoms with Crippen LogP contribution in [0.25, 0.3) is 0 Å². The number of nitrogens with one attached hydrogen (secondary N) is 1. The van der Waals surface area contributed by atoms with Gasteiger partial charge < -0.3 is 15.0 Å². The number of methoxy groups -OCH3 is 1. The van der Waals surface area contributed by atoms with E-state index in [1.165, 1.54) is 0 Å². The summed E-state index contributed by atoms with van der Waals surface area (Å²) in [6.07, 6.45) is -3.18. The van der Waals surface area contributed by atoms with Gasteiger partial charge >= 0.3 is 6.18 Å². The lowest BCUT2D eigenvalue weighted by Gasteiger charge is -2.35. The minimum absolute atomic E-state index is 0.104. The van der Waals surface area contributed by atoms with Crippen LogP contribution in [0.3, 0.4) is 0 Å². The molecular formula is C12H23F3N2O. The third kappa shape index (κ3) is 5.12. The summed E-state index contributed by atoms with van der Waals surface area (Å²) in [7, 11) is 1.61. The van der Waals surface area contributed by atoms with Crippen molar-refractivity contribution in [2.45, 2.75) is 32.0 Å². The van der Waals surface area contributed by atoms with Crippen molar-refractivity contribution in [3.63, 3.8) is 0 Å². The largest absolute Gasteiger partial charge is 0.393 e. The fourth-order valence-corrected chi connectivity index (χ4v) is 2.47. The molecular weight excluding hydrogens is 245 g/mol. The van der Waals surface area contributed by atoms with E-state index in [2.05, 4.69) is 5.32 Å². The second kappa shape index (κ2) is 7.31. The SMILES string of the molecule is CCNC(COC)CN1CCCC(C(F)(F)F)C1. The molecule has 1 heterocycles. The maximum atomic E-state index is 12.7. The van der Waals surface area contributed by atoms with Gasteiger partial charge in [-0.25, -0.2) is 0 Å². The fraction of sp³-hybridized carbons (Fsp3) is 1.00. The molecule has 1 N–H and O–H groups in total. The molecule has 3 nitrogen and oxygen atoms in total. The first kappa shape index (κ1) is 15.7. The summed E-state index contributed by atoms with van der Waals surface area (Å²) in [5.41, 5.74) is 0. The number of piperidine rings is 1. The number of rotatable bonds is 6. The molecule has 108 valence electrons. The summed E-state index contributed by atoms with van der Waals surface area (Å²) in [5, 5.41) is 3.24. The Morgan fingerprint density at radius 3 is 2.72 bits per heavy atom. The van der Waals surface area contributed by atoms with Crippen LogP contribution in [0.4, 0.5) is 13.2 Å². The van der Waals surface area contributed by atoms with Gasteiger partial charge in [0, 0.05) is 26.2 Å². The van der Waals surface area contributed by atoms with Crippen LogP contribution >= 0.6 is 0 Å². The number of likely N-dealkylation sites (N-methyl/N-ethyl adjacent to an activating group) is 1. The Kier molecular flexibility index (Phi) is 6.38. The van der Waals surface area contributed by atoms with Crippen molar-refractivity contribution in [2.75, 3.05) is 39.9 Å². The van der Waals surface area contributed by atoms with Crippen LogP contribution in [-0.2, 0) is 4.74 Å². The van der Waals surface area contributed by atoms with Gasteiger partial charge in [0.2, 0.25) is 0 Å². The lowest BCUT2D eigenvalue weighted by Crippen LogP contribution is -2.49. The van der Waals surface area contributed by atoms with Crippen molar-refractivity contribution < 1.29 is 17.9 Å². The lowest BCUT2D eigenvalue weighted by molar-refractivity contribution is -0.187. The minimum Gasteiger partial charge on any atom is -0.383 e. The van der Waals surface area contributed by atoms with E-state index in [1.54, 1.807) is 7.11 Å². The van der Waals surface area contributed by atoms with Gasteiger partial charge in [0.1, 0.15) is 0 Å². The van der Waals surface area contributed by atoms with Crippen molar-refractivity contribution in [3.8, 4) is 0 Å². The molecule has 1 fully saturated rings. The number of nitrogens with zero attached hydrogens (tertiary/aromatic N) is 1. The molecule has 6 heteroatoms. The highest BCUT2D eigenvalue weighted by Gasteiger charge is 2.41. The summed E-state index contributed by atoms with van der Waals surface area (Å²) in [4.78, 5) is 1.90. The molecule has 1 aliphatic rings. The summed E-state index contributed by atoms with van der Waals surface area (Å²) in [5.74, 6) is -1.17. The quantitative estimate of drug-likeness (QED) is 0.796. The molecule has 0 spiro atoms. The first-order chi connectivity index (χ1) is 8.47. The number of hydrogen-bond acceptors (Lipinski definition) is 3. The molecule has 0 aromatic carbocycles. The van der Waals surface area contributed by atoms with E-state index in [4.69, 9.17) is 4.74 Å². The Labute approximate surface area is 107 Å². The van der Waals surface area contributed by atoms with Gasteiger partial charge in [0.05, 0.1) is 12.5 Å². The van der Waals surface area contributed by atoms with E-state index < -0.39 is 12.1 Å². The van der Waals surface area contributed by atoms with E-state index in [-0.39, 0.29) is 19.0 Å². The molecule has 1 rings (SSSR count). The van der Waals surface area contributed by atoms with Crippen molar-refractivity contribution in [3.05, 3.63) is 0 Å². The number of likely N-dealkylation sites (tertiary alicyclic amines) is 1. The van der Waals surface area contributed by atoms with Gasteiger partial charge in [-0.05, 0) is 25.9 Å². The standard InChI is InChI=1S/C12H23F3N2O/c1-3-16-11(9-18-2)8-17-6-4-5-10(7-17)12(13,14)15/h10-11,16H,3-9H2,1-2H3. The third-order valence-electron chi connectivity index (χ3n) is 3.31. The normalized spacial score (nSPS) is 24.2. The molecule has 1 saturated heterocycles. The van der Waals surface area contributed by atoms with E-state index in [0.717, 1.165) is 13.1 Å². The molecule has 0 bridgehead atoms. The zero-order valence-corrected chi connectivity index (χ0v) is 11.1. The highest BCUT2D eigenvalue weighted by Crippen LogP contribution is 2.33. The topological polar surface area (TPSA) is 24.5 Å². The van der Waals surface area contributed by atoms with Crippen LogP contribution in [-0.4, -0.2) is 57.0 Å². The number of hydrogen-bond donors (Lipinski definition) is 1. The van der Waals surface area contributed by atoms with Crippen LogP contribution in [0.2, 0.25) is 0 Å². The molecule has 0 radical (unpaired) electrons. The van der Waals surface area contributed by atoms with Gasteiger partial charge in [-0.1, -0.05) is 6.92 Å². The van der Waals surface area contributed by atoms with Gasteiger partial charge in [0.25, 0.3) is 0 Å². The average Bonchev–Trinajstić information content (AvgIpc) is 2.29. The second-order valence-corrected chi connectivity index (χ2v) is 4.85. The minimum atomic E-state index is -4.06. The van der Waals surface area contributed by atoms with E-state index >= 15 is 0 Å². The lowest BCUT2D eigenvalue weighted by atomic mass is 9.97. The smallest absolute Gasteiger partial charge is 0.383 e. The summed E-state index contributed by atoms with van der Waals surface area (Å²) in [6.45, 7) is 4.80. The molecule has 2 atom stereocenters. The van der Waals surface area contributed by atoms with Crippen molar-refractivity contribution in [1.82, 2.24) is 10.2 Å². The number of ether oxygens (including phenoxy) is 1. The van der Waals surface area contributed by atoms with Gasteiger partial charge in [-0.2, -0.15) is 13.2 Å². The van der Waals surface area contributed by atoms with Crippen LogP contribution in [0.1, 0.15) is 19.8 Å². The summed E-state index contributed by atoms with van der Waals surface area (Å²) in [6, 6.07) is 0.104. The fourth-order valence-electron chi connectivity index (χ4n) is 2.47. The van der Waals surface area contributed by atoms with E-state index in [0.29, 0.717) is 19.6 Å². The second-order valence-electron chi connectivity index (χ2n) is 4.85. The Balaban J connectivity index is 2.45. The number of halogens is 3. The van der Waals surface area contributed by atoms with Crippen molar-refractivity contribution in [1.29, 1.82) is 0 Å². The molecule has 0 saturated carbocycles. The zero-order chi connectivity index (χ0) is 13.6. The predicted molar refractivity (Wildman–Crippen MR) is 64.6 cm³/mol. The summed E-state index contributed by atoms with van der Waals surface area (Å²) < 4.78 is 43.1. The average molecular weight is 268 g/mol. The van der Waals surface area contributed by atoms with E-state index in [9.17, 15) is 13.2 Å². The first-order valence-electron chi connectivity index (χ1n) is 6.48. The van der Waals surface area contributed by atoms with Crippen molar-refractivity contribution >= 4 is 0 Å². The highest BCUT2D eigenvalue weighted by atomic mass is 19.4. The van der Waals surface area contributed by atoms with Crippen molar-refractivity contribution in [2.24, 2.45) is 5.92 Å².